The molecule has 0 bridgehead atoms. The Hall–Kier alpha value is -4.05. The molecule has 1 fully saturated rings. The van der Waals surface area contributed by atoms with Gasteiger partial charge in [0.15, 0.2) is 0 Å². The molecule has 1 N–H and O–H groups in total. The molecule has 4 aromatic rings. The Morgan fingerprint density at radius 1 is 0.975 bits per heavy atom. The van der Waals surface area contributed by atoms with Gasteiger partial charge in [-0.1, -0.05) is 47.5 Å². The van der Waals surface area contributed by atoms with Gasteiger partial charge in [0.1, 0.15) is 6.54 Å². The Morgan fingerprint density at radius 3 is 2.38 bits per heavy atom. The van der Waals surface area contributed by atoms with E-state index in [0.29, 0.717) is 32.4 Å². The van der Waals surface area contributed by atoms with Crippen molar-refractivity contribution in [2.24, 2.45) is 0 Å². The number of methoxy groups -OCH3 is 1. The first-order valence-electron chi connectivity index (χ1n) is 12.0. The topological polar surface area (TPSA) is 97.7 Å². The highest BCUT2D eigenvalue weighted by Gasteiger charge is 2.36. The van der Waals surface area contributed by atoms with E-state index in [2.05, 4.69) is 5.32 Å². The second kappa shape index (κ2) is 11.6. The van der Waals surface area contributed by atoms with E-state index in [1.54, 1.807) is 59.3 Å². The van der Waals surface area contributed by atoms with Crippen LogP contribution >= 0.6 is 35.0 Å². The summed E-state index contributed by atoms with van der Waals surface area (Å²) in [5.41, 5.74) is 2.87. The maximum atomic E-state index is 13.2. The molecule has 3 aromatic carbocycles. The van der Waals surface area contributed by atoms with E-state index in [0.717, 1.165) is 27.6 Å². The summed E-state index contributed by atoms with van der Waals surface area (Å²) in [7, 11) is 1.30. The van der Waals surface area contributed by atoms with Gasteiger partial charge in [-0.2, -0.15) is 0 Å². The van der Waals surface area contributed by atoms with Crippen molar-refractivity contribution in [1.82, 2.24) is 9.47 Å². The zero-order valence-electron chi connectivity index (χ0n) is 21.0. The lowest BCUT2D eigenvalue weighted by atomic mass is 10.1. The minimum Gasteiger partial charge on any atom is -0.465 e. The molecule has 0 aliphatic carbocycles. The quantitative estimate of drug-likeness (QED) is 0.191. The van der Waals surface area contributed by atoms with E-state index in [1.165, 1.54) is 7.11 Å². The third-order valence-electron chi connectivity index (χ3n) is 6.26. The fourth-order valence-corrected chi connectivity index (χ4v) is 5.65. The third kappa shape index (κ3) is 5.62. The normalized spacial score (nSPS) is 14.3. The van der Waals surface area contributed by atoms with Gasteiger partial charge in [0.05, 0.1) is 24.1 Å². The highest BCUT2D eigenvalue weighted by molar-refractivity contribution is 8.18. The van der Waals surface area contributed by atoms with Crippen LogP contribution in [0.15, 0.2) is 77.8 Å². The number of para-hydroxylation sites is 1. The molecule has 40 heavy (non-hydrogen) atoms. The van der Waals surface area contributed by atoms with Crippen LogP contribution in [-0.2, 0) is 27.4 Å². The fourth-order valence-electron chi connectivity index (χ4n) is 4.30. The first kappa shape index (κ1) is 27.5. The minimum atomic E-state index is -0.463. The number of rotatable bonds is 7. The Kier molecular flexibility index (Phi) is 7.97. The average molecular weight is 594 g/mol. The first-order valence-corrected chi connectivity index (χ1v) is 13.6. The summed E-state index contributed by atoms with van der Waals surface area (Å²) in [5.74, 6) is -1.19. The zero-order valence-corrected chi connectivity index (χ0v) is 23.3. The fraction of sp³-hybridized carbons (Fsp3) is 0.103. The van der Waals surface area contributed by atoms with Gasteiger partial charge in [-0.25, -0.2) is 4.79 Å². The molecule has 0 atom stereocenters. The number of benzene rings is 3. The molecule has 5 rings (SSSR count). The van der Waals surface area contributed by atoms with E-state index in [1.807, 2.05) is 24.3 Å². The summed E-state index contributed by atoms with van der Waals surface area (Å²) in [6, 6.07) is 18.8. The molecule has 0 radical (unpaired) electrons. The van der Waals surface area contributed by atoms with Gasteiger partial charge >= 0.3 is 5.97 Å². The van der Waals surface area contributed by atoms with Gasteiger partial charge < -0.3 is 14.6 Å². The standard InChI is InChI=1S/C29H21Cl2N3O5S/c1-39-28(37)17-9-11-19(12-10-17)32-26(35)16-33-14-18(20-5-2-3-8-24(20)33)13-25-27(36)34(29(38)40-25)15-21-22(30)6-4-7-23(21)31/h2-14H,15-16H2,1H3,(H,32,35)/b25-13-. The van der Waals surface area contributed by atoms with Crippen molar-refractivity contribution in [3.05, 3.63) is 105 Å². The predicted molar refractivity (Wildman–Crippen MR) is 156 cm³/mol. The number of nitrogens with zero attached hydrogens (tertiary/aromatic N) is 2. The van der Waals surface area contributed by atoms with Crippen LogP contribution in [-0.4, -0.2) is 39.6 Å². The Balaban J connectivity index is 1.36. The number of hydrogen-bond acceptors (Lipinski definition) is 6. The summed E-state index contributed by atoms with van der Waals surface area (Å²) >= 11 is 13.3. The molecule has 1 saturated heterocycles. The molecule has 0 spiro atoms. The number of thioether (sulfide) groups is 1. The van der Waals surface area contributed by atoms with Crippen LogP contribution in [0.1, 0.15) is 21.5 Å². The molecule has 8 nitrogen and oxygen atoms in total. The molecular weight excluding hydrogens is 573 g/mol. The lowest BCUT2D eigenvalue weighted by Crippen LogP contribution is -2.27. The van der Waals surface area contributed by atoms with Crippen molar-refractivity contribution in [3.63, 3.8) is 0 Å². The van der Waals surface area contributed by atoms with E-state index in [9.17, 15) is 19.2 Å². The highest BCUT2D eigenvalue weighted by Crippen LogP contribution is 2.36. The lowest BCUT2D eigenvalue weighted by Gasteiger charge is -2.14. The number of halogens is 2. The van der Waals surface area contributed by atoms with Gasteiger partial charge in [-0.05, 0) is 60.3 Å². The predicted octanol–water partition coefficient (Wildman–Crippen LogP) is 6.61. The van der Waals surface area contributed by atoms with Crippen molar-refractivity contribution < 1.29 is 23.9 Å². The van der Waals surface area contributed by atoms with Crippen molar-refractivity contribution in [1.29, 1.82) is 0 Å². The Labute approximate surface area is 243 Å². The number of fused-ring (bicyclic) bond motifs is 1. The molecule has 3 amide bonds. The van der Waals surface area contributed by atoms with Crippen LogP contribution in [0.5, 0.6) is 0 Å². The summed E-state index contributed by atoms with van der Waals surface area (Å²) in [6.45, 7) is -0.0390. The zero-order chi connectivity index (χ0) is 28.4. The van der Waals surface area contributed by atoms with E-state index < -0.39 is 17.1 Å². The average Bonchev–Trinajstić information content (AvgIpc) is 3.41. The number of carbonyl (C=O) groups is 4. The third-order valence-corrected chi connectivity index (χ3v) is 7.88. The van der Waals surface area contributed by atoms with Crippen molar-refractivity contribution in [2.45, 2.75) is 13.1 Å². The molecule has 11 heteroatoms. The molecule has 0 saturated carbocycles. The van der Waals surface area contributed by atoms with Crippen LogP contribution in [0.4, 0.5) is 10.5 Å². The van der Waals surface area contributed by atoms with Crippen LogP contribution in [0, 0.1) is 0 Å². The Morgan fingerprint density at radius 2 is 1.68 bits per heavy atom. The molecule has 2 heterocycles. The molecule has 1 aliphatic heterocycles. The lowest BCUT2D eigenvalue weighted by molar-refractivity contribution is -0.123. The summed E-state index contributed by atoms with van der Waals surface area (Å²) in [4.78, 5) is 51.8. The SMILES string of the molecule is COC(=O)c1ccc(NC(=O)Cn2cc(/C=C3\SC(=O)N(Cc4c(Cl)cccc4Cl)C3=O)c3ccccc32)cc1. The number of amides is 3. The number of aromatic nitrogens is 1. The van der Waals surface area contributed by atoms with E-state index in [4.69, 9.17) is 27.9 Å². The number of anilines is 1. The molecule has 202 valence electrons. The summed E-state index contributed by atoms with van der Waals surface area (Å²) < 4.78 is 6.46. The van der Waals surface area contributed by atoms with Gasteiger partial charge in [0.2, 0.25) is 5.91 Å². The van der Waals surface area contributed by atoms with Gasteiger partial charge in [0, 0.05) is 44.0 Å². The first-order chi connectivity index (χ1) is 19.2. The minimum absolute atomic E-state index is 0.000407. The molecule has 0 unspecified atom stereocenters. The number of carbonyl (C=O) groups excluding carboxylic acids is 4. The second-order valence-electron chi connectivity index (χ2n) is 8.81. The summed E-state index contributed by atoms with van der Waals surface area (Å²) in [6.07, 6.45) is 3.42. The maximum Gasteiger partial charge on any atom is 0.337 e. The van der Waals surface area contributed by atoms with Crippen LogP contribution in [0.3, 0.4) is 0 Å². The summed E-state index contributed by atoms with van der Waals surface area (Å²) in [5, 5.41) is 3.95. The second-order valence-corrected chi connectivity index (χ2v) is 10.6. The molecule has 1 aliphatic rings. The van der Waals surface area contributed by atoms with Crippen LogP contribution < -0.4 is 5.32 Å². The van der Waals surface area contributed by atoms with E-state index in [-0.39, 0.29) is 23.9 Å². The van der Waals surface area contributed by atoms with Crippen molar-refractivity contribution in [2.75, 3.05) is 12.4 Å². The van der Waals surface area contributed by atoms with Crippen molar-refractivity contribution >= 4 is 80.7 Å². The number of esters is 1. The van der Waals surface area contributed by atoms with Crippen LogP contribution in [0.25, 0.3) is 17.0 Å². The molecular formula is C29H21Cl2N3O5S. The molecule has 1 aromatic heterocycles. The number of imide groups is 1. The number of nitrogens with one attached hydrogen (secondary N) is 1. The Bertz CT molecular complexity index is 1680. The number of hydrogen-bond donors (Lipinski definition) is 1. The van der Waals surface area contributed by atoms with Crippen LogP contribution in [0.2, 0.25) is 10.0 Å². The monoisotopic (exact) mass is 593 g/mol. The van der Waals surface area contributed by atoms with Gasteiger partial charge in [0.25, 0.3) is 11.1 Å². The largest absolute Gasteiger partial charge is 0.465 e. The number of ether oxygens (including phenoxy) is 1. The van der Waals surface area contributed by atoms with Gasteiger partial charge in [-0.3, -0.25) is 19.3 Å². The maximum absolute atomic E-state index is 13.2. The van der Waals surface area contributed by atoms with E-state index >= 15 is 0 Å². The smallest absolute Gasteiger partial charge is 0.337 e. The highest BCUT2D eigenvalue weighted by atomic mass is 35.5. The van der Waals surface area contributed by atoms with Gasteiger partial charge in [-0.15, -0.1) is 0 Å². The van der Waals surface area contributed by atoms with Crippen molar-refractivity contribution in [3.8, 4) is 0 Å².